The molecule has 0 radical (unpaired) electrons. The molecule has 17 heavy (non-hydrogen) atoms. The highest BCUT2D eigenvalue weighted by molar-refractivity contribution is 5.40. The van der Waals surface area contributed by atoms with E-state index in [0.717, 1.165) is 18.3 Å². The molecule has 1 fully saturated rings. The molecule has 2 unspecified atom stereocenters. The lowest BCUT2D eigenvalue weighted by Crippen LogP contribution is -2.34. The van der Waals surface area contributed by atoms with Gasteiger partial charge in [0.1, 0.15) is 0 Å². The average Bonchev–Trinajstić information content (AvgIpc) is 3.21. The summed E-state index contributed by atoms with van der Waals surface area (Å²) in [5.41, 5.74) is 4.73. The Kier molecular flexibility index (Phi) is 2.96. The van der Waals surface area contributed by atoms with E-state index >= 15 is 0 Å². The van der Waals surface area contributed by atoms with Crippen LogP contribution in [-0.2, 0) is 6.42 Å². The normalized spacial score (nSPS) is 27.9. The largest absolute Gasteiger partial charge is 0.309 e. The van der Waals surface area contributed by atoms with Gasteiger partial charge in [0.2, 0.25) is 0 Å². The Morgan fingerprint density at radius 2 is 2.00 bits per heavy atom. The first kappa shape index (κ1) is 11.3. The number of nitrogens with one attached hydrogen (secondary N) is 1. The summed E-state index contributed by atoms with van der Waals surface area (Å²) in [4.78, 5) is 0. The van der Waals surface area contributed by atoms with Crippen LogP contribution in [0.25, 0.3) is 0 Å². The zero-order chi connectivity index (χ0) is 11.8. The summed E-state index contributed by atoms with van der Waals surface area (Å²) in [6.45, 7) is 5.73. The summed E-state index contributed by atoms with van der Waals surface area (Å²) < 4.78 is 0. The number of aryl methyl sites for hydroxylation is 1. The maximum Gasteiger partial charge on any atom is 0.0351 e. The minimum absolute atomic E-state index is 0.652. The molecule has 0 bridgehead atoms. The molecule has 92 valence electrons. The van der Waals surface area contributed by atoms with Crippen molar-refractivity contribution in [2.45, 2.75) is 51.5 Å². The van der Waals surface area contributed by atoms with E-state index in [4.69, 9.17) is 0 Å². The van der Waals surface area contributed by atoms with Crippen LogP contribution in [0.1, 0.15) is 61.8 Å². The quantitative estimate of drug-likeness (QED) is 0.831. The van der Waals surface area contributed by atoms with Gasteiger partial charge in [-0.05, 0) is 54.2 Å². The lowest BCUT2D eigenvalue weighted by atomic mass is 9.82. The van der Waals surface area contributed by atoms with E-state index in [1.807, 2.05) is 0 Å². The molecule has 1 aromatic carbocycles. The van der Waals surface area contributed by atoms with Crippen molar-refractivity contribution in [1.29, 1.82) is 0 Å². The van der Waals surface area contributed by atoms with E-state index in [2.05, 4.69) is 37.4 Å². The van der Waals surface area contributed by atoms with Crippen LogP contribution in [0.2, 0.25) is 0 Å². The Morgan fingerprint density at radius 1 is 1.18 bits per heavy atom. The predicted octanol–water partition coefficient (Wildman–Crippen LogP) is 3.80. The van der Waals surface area contributed by atoms with Crippen LogP contribution in [0.15, 0.2) is 18.2 Å². The van der Waals surface area contributed by atoms with E-state index < -0.39 is 0 Å². The van der Waals surface area contributed by atoms with Crippen LogP contribution in [0.3, 0.4) is 0 Å². The van der Waals surface area contributed by atoms with Crippen molar-refractivity contribution in [3.63, 3.8) is 0 Å². The minimum Gasteiger partial charge on any atom is -0.309 e. The SMILES string of the molecule is CCc1ccc2c(c1)C(C1CC1)NCC2CC. The summed E-state index contributed by atoms with van der Waals surface area (Å²) >= 11 is 0. The molecule has 0 spiro atoms. The number of rotatable bonds is 3. The topological polar surface area (TPSA) is 12.0 Å². The monoisotopic (exact) mass is 229 g/mol. The molecule has 1 saturated carbocycles. The summed E-state index contributed by atoms with van der Waals surface area (Å²) in [5.74, 6) is 1.64. The van der Waals surface area contributed by atoms with Gasteiger partial charge >= 0.3 is 0 Å². The molecule has 1 aliphatic carbocycles. The van der Waals surface area contributed by atoms with Crippen molar-refractivity contribution in [1.82, 2.24) is 5.32 Å². The second-order valence-electron chi connectivity index (χ2n) is 5.65. The Morgan fingerprint density at radius 3 is 2.65 bits per heavy atom. The maximum atomic E-state index is 3.79. The van der Waals surface area contributed by atoms with Crippen molar-refractivity contribution < 1.29 is 0 Å². The summed E-state index contributed by atoms with van der Waals surface area (Å²) in [6.07, 6.45) is 5.25. The predicted molar refractivity (Wildman–Crippen MR) is 72.3 cm³/mol. The van der Waals surface area contributed by atoms with E-state index in [1.54, 1.807) is 11.1 Å². The lowest BCUT2D eigenvalue weighted by Gasteiger charge is -2.33. The smallest absolute Gasteiger partial charge is 0.0351 e. The zero-order valence-corrected chi connectivity index (χ0v) is 11.0. The fraction of sp³-hybridized carbons (Fsp3) is 0.625. The summed E-state index contributed by atoms with van der Waals surface area (Å²) in [6, 6.07) is 7.85. The third kappa shape index (κ3) is 2.01. The van der Waals surface area contributed by atoms with Gasteiger partial charge in [-0.1, -0.05) is 32.0 Å². The fourth-order valence-corrected chi connectivity index (χ4v) is 3.19. The Bertz CT molecular complexity index is 406. The van der Waals surface area contributed by atoms with Crippen LogP contribution in [-0.4, -0.2) is 6.54 Å². The highest BCUT2D eigenvalue weighted by atomic mass is 14.9. The van der Waals surface area contributed by atoms with Gasteiger partial charge in [0.15, 0.2) is 0 Å². The van der Waals surface area contributed by atoms with E-state index in [0.29, 0.717) is 6.04 Å². The molecule has 0 saturated heterocycles. The van der Waals surface area contributed by atoms with Crippen LogP contribution < -0.4 is 5.32 Å². The van der Waals surface area contributed by atoms with Gasteiger partial charge in [-0.15, -0.1) is 0 Å². The highest BCUT2D eigenvalue weighted by Crippen LogP contribution is 2.45. The molecule has 2 atom stereocenters. The van der Waals surface area contributed by atoms with Crippen molar-refractivity contribution in [3.05, 3.63) is 34.9 Å². The summed E-state index contributed by atoms with van der Waals surface area (Å²) in [7, 11) is 0. The van der Waals surface area contributed by atoms with E-state index in [1.165, 1.54) is 31.4 Å². The van der Waals surface area contributed by atoms with Gasteiger partial charge in [-0.3, -0.25) is 0 Å². The summed E-state index contributed by atoms with van der Waals surface area (Å²) in [5, 5.41) is 3.79. The van der Waals surface area contributed by atoms with Gasteiger partial charge in [-0.25, -0.2) is 0 Å². The zero-order valence-electron chi connectivity index (χ0n) is 11.0. The van der Waals surface area contributed by atoms with Gasteiger partial charge in [0.25, 0.3) is 0 Å². The molecule has 1 aromatic rings. The lowest BCUT2D eigenvalue weighted by molar-refractivity contribution is 0.413. The second kappa shape index (κ2) is 4.45. The Hall–Kier alpha value is -0.820. The molecule has 1 aliphatic heterocycles. The van der Waals surface area contributed by atoms with Crippen molar-refractivity contribution in [3.8, 4) is 0 Å². The number of fused-ring (bicyclic) bond motifs is 1. The molecular formula is C16H23N. The van der Waals surface area contributed by atoms with E-state index in [9.17, 15) is 0 Å². The van der Waals surface area contributed by atoms with Gasteiger partial charge in [0, 0.05) is 12.6 Å². The second-order valence-corrected chi connectivity index (χ2v) is 5.65. The first-order chi connectivity index (χ1) is 8.33. The average molecular weight is 229 g/mol. The van der Waals surface area contributed by atoms with Crippen LogP contribution in [0.4, 0.5) is 0 Å². The fourth-order valence-electron chi connectivity index (χ4n) is 3.19. The van der Waals surface area contributed by atoms with Gasteiger partial charge in [-0.2, -0.15) is 0 Å². The van der Waals surface area contributed by atoms with Crippen molar-refractivity contribution >= 4 is 0 Å². The van der Waals surface area contributed by atoms with Crippen LogP contribution in [0.5, 0.6) is 0 Å². The Balaban J connectivity index is 2.01. The molecular weight excluding hydrogens is 206 g/mol. The third-order valence-corrected chi connectivity index (χ3v) is 4.50. The van der Waals surface area contributed by atoms with E-state index in [-0.39, 0.29) is 0 Å². The van der Waals surface area contributed by atoms with Crippen molar-refractivity contribution in [2.24, 2.45) is 5.92 Å². The molecule has 0 aromatic heterocycles. The maximum absolute atomic E-state index is 3.79. The minimum atomic E-state index is 0.652. The van der Waals surface area contributed by atoms with Gasteiger partial charge in [0.05, 0.1) is 0 Å². The number of benzene rings is 1. The standard InChI is InChI=1S/C16H23N/c1-3-11-5-8-14-12(4-2)10-17-16(13-6-7-13)15(14)9-11/h5,8-9,12-13,16-17H,3-4,6-7,10H2,1-2H3. The molecule has 1 heteroatoms. The first-order valence-corrected chi connectivity index (χ1v) is 7.19. The van der Waals surface area contributed by atoms with Crippen LogP contribution in [0, 0.1) is 5.92 Å². The molecule has 3 rings (SSSR count). The van der Waals surface area contributed by atoms with Gasteiger partial charge < -0.3 is 5.32 Å². The molecule has 0 amide bonds. The van der Waals surface area contributed by atoms with Crippen LogP contribution >= 0.6 is 0 Å². The Labute approximate surface area is 105 Å². The first-order valence-electron chi connectivity index (χ1n) is 7.19. The third-order valence-electron chi connectivity index (χ3n) is 4.50. The number of hydrogen-bond acceptors (Lipinski definition) is 1. The highest BCUT2D eigenvalue weighted by Gasteiger charge is 2.36. The number of hydrogen-bond donors (Lipinski definition) is 1. The molecule has 1 N–H and O–H groups in total. The molecule has 2 aliphatic rings. The molecule has 1 nitrogen and oxygen atoms in total. The van der Waals surface area contributed by atoms with Crippen molar-refractivity contribution in [2.75, 3.05) is 6.54 Å². The molecule has 1 heterocycles.